The van der Waals surface area contributed by atoms with Crippen LogP contribution in [0.2, 0.25) is 0 Å². The minimum absolute atomic E-state index is 0. The van der Waals surface area contributed by atoms with Gasteiger partial charge in [0.05, 0.1) is 7.11 Å². The van der Waals surface area contributed by atoms with Crippen molar-refractivity contribution in [3.05, 3.63) is 65.7 Å². The highest BCUT2D eigenvalue weighted by Gasteiger charge is 2.17. The van der Waals surface area contributed by atoms with Gasteiger partial charge in [-0.25, -0.2) is 4.79 Å². The lowest BCUT2D eigenvalue weighted by molar-refractivity contribution is -0.146. The van der Waals surface area contributed by atoms with Gasteiger partial charge < -0.3 is 15.2 Å². The number of hydrogen-bond acceptors (Lipinski definition) is 4. The van der Waals surface area contributed by atoms with E-state index < -0.39 is 12.0 Å². The lowest BCUT2D eigenvalue weighted by atomic mass is 10.1. The summed E-state index contributed by atoms with van der Waals surface area (Å²) in [6.07, 6.45) is 0. The molecule has 4 nitrogen and oxygen atoms in total. The normalized spacial score (nSPS) is 11.1. The zero-order valence-corrected chi connectivity index (χ0v) is 12.5. The maximum Gasteiger partial charge on any atom is 0.327 e. The Kier molecular flexibility index (Phi) is 6.72. The molecule has 0 bridgehead atoms. The molecule has 5 heteroatoms. The predicted octanol–water partition coefficient (Wildman–Crippen LogP) is 2.86. The fraction of sp³-hybridized carbons (Fsp3) is 0.188. The summed E-state index contributed by atoms with van der Waals surface area (Å²) in [7, 11) is 1.59. The molecule has 2 aromatic carbocycles. The maximum absolute atomic E-state index is 11.9. The van der Waals surface area contributed by atoms with Crippen LogP contribution in [0.5, 0.6) is 5.75 Å². The summed E-state index contributed by atoms with van der Waals surface area (Å²) in [5.74, 6) is 0.276. The number of benzene rings is 2. The van der Waals surface area contributed by atoms with Crippen LogP contribution in [0.25, 0.3) is 0 Å². The molecule has 1 atom stereocenters. The van der Waals surface area contributed by atoms with E-state index in [-0.39, 0.29) is 19.0 Å². The quantitative estimate of drug-likeness (QED) is 0.863. The van der Waals surface area contributed by atoms with Crippen molar-refractivity contribution in [1.29, 1.82) is 0 Å². The van der Waals surface area contributed by atoms with E-state index in [0.29, 0.717) is 5.56 Å². The average Bonchev–Trinajstić information content (AvgIpc) is 2.53. The molecule has 2 N–H and O–H groups in total. The molecule has 0 radical (unpaired) electrons. The number of ether oxygens (including phenoxy) is 2. The Labute approximate surface area is 130 Å². The van der Waals surface area contributed by atoms with E-state index >= 15 is 0 Å². The first-order chi connectivity index (χ1) is 9.70. The molecular weight excluding hydrogens is 290 g/mol. The predicted molar refractivity (Wildman–Crippen MR) is 83.4 cm³/mol. The van der Waals surface area contributed by atoms with Crippen LogP contribution in [0.3, 0.4) is 0 Å². The minimum atomic E-state index is -0.787. The molecule has 21 heavy (non-hydrogen) atoms. The van der Waals surface area contributed by atoms with Gasteiger partial charge in [0.15, 0.2) is 0 Å². The summed E-state index contributed by atoms with van der Waals surface area (Å²) in [6, 6.07) is 15.7. The van der Waals surface area contributed by atoms with Crippen molar-refractivity contribution in [2.24, 2.45) is 5.73 Å². The molecule has 0 aliphatic heterocycles. The molecule has 0 aromatic heterocycles. The van der Waals surface area contributed by atoms with Crippen LogP contribution in [0.1, 0.15) is 17.2 Å². The largest absolute Gasteiger partial charge is 0.497 e. The smallest absolute Gasteiger partial charge is 0.327 e. The van der Waals surface area contributed by atoms with Gasteiger partial charge in [0.1, 0.15) is 18.4 Å². The fourth-order valence-corrected chi connectivity index (χ4v) is 1.77. The zero-order chi connectivity index (χ0) is 14.4. The van der Waals surface area contributed by atoms with Crippen LogP contribution in [0.15, 0.2) is 54.6 Å². The molecule has 0 saturated heterocycles. The second-order valence-electron chi connectivity index (χ2n) is 4.34. The molecule has 0 fully saturated rings. The van der Waals surface area contributed by atoms with Gasteiger partial charge >= 0.3 is 5.97 Å². The number of carbonyl (C=O) groups is 1. The molecule has 2 aromatic rings. The second-order valence-corrected chi connectivity index (χ2v) is 4.34. The van der Waals surface area contributed by atoms with Crippen molar-refractivity contribution in [2.45, 2.75) is 12.6 Å². The van der Waals surface area contributed by atoms with Crippen molar-refractivity contribution in [1.82, 2.24) is 0 Å². The molecular formula is C16H18ClNO3. The van der Waals surface area contributed by atoms with Crippen molar-refractivity contribution in [3.8, 4) is 5.75 Å². The Bertz CT molecular complexity index is 557. The van der Waals surface area contributed by atoms with E-state index in [9.17, 15) is 4.79 Å². The third-order valence-electron chi connectivity index (χ3n) is 2.95. The maximum atomic E-state index is 11.9. The number of nitrogens with two attached hydrogens (primary N) is 1. The Hall–Kier alpha value is -2.04. The van der Waals surface area contributed by atoms with Crippen LogP contribution < -0.4 is 10.5 Å². The average molecular weight is 308 g/mol. The SMILES string of the molecule is COc1ccc(C(N)C(=O)OCc2ccccc2)cc1.Cl. The van der Waals surface area contributed by atoms with Gasteiger partial charge in [-0.3, -0.25) is 0 Å². The van der Waals surface area contributed by atoms with Gasteiger partial charge in [-0.1, -0.05) is 42.5 Å². The Morgan fingerprint density at radius 1 is 1.10 bits per heavy atom. The minimum Gasteiger partial charge on any atom is -0.497 e. The molecule has 2 rings (SSSR count). The Balaban J connectivity index is 0.00000220. The van der Waals surface area contributed by atoms with Crippen LogP contribution in [0, 0.1) is 0 Å². The van der Waals surface area contributed by atoms with Crippen LogP contribution in [-0.4, -0.2) is 13.1 Å². The first kappa shape index (κ1) is 17.0. The summed E-state index contributed by atoms with van der Waals surface area (Å²) in [5.41, 5.74) is 7.51. The van der Waals surface area contributed by atoms with Gasteiger partial charge in [0, 0.05) is 0 Å². The summed E-state index contributed by atoms with van der Waals surface area (Å²) >= 11 is 0. The van der Waals surface area contributed by atoms with Crippen molar-refractivity contribution >= 4 is 18.4 Å². The summed E-state index contributed by atoms with van der Waals surface area (Å²) in [4.78, 5) is 11.9. The summed E-state index contributed by atoms with van der Waals surface area (Å²) in [6.45, 7) is 0.226. The van der Waals surface area contributed by atoms with Gasteiger partial charge in [0.2, 0.25) is 0 Å². The molecule has 0 spiro atoms. The second kappa shape index (κ2) is 8.29. The van der Waals surface area contributed by atoms with Crippen LogP contribution in [-0.2, 0) is 16.1 Å². The standard InChI is InChI=1S/C16H17NO3.ClH/c1-19-14-9-7-13(8-10-14)15(17)16(18)20-11-12-5-3-2-4-6-12;/h2-10,15H,11,17H2,1H3;1H. The molecule has 112 valence electrons. The molecule has 1 unspecified atom stereocenters. The van der Waals surface area contributed by atoms with E-state index in [4.69, 9.17) is 15.2 Å². The molecule has 0 amide bonds. The highest BCUT2D eigenvalue weighted by Crippen LogP contribution is 2.17. The van der Waals surface area contributed by atoms with E-state index in [1.54, 1.807) is 31.4 Å². The highest BCUT2D eigenvalue weighted by molar-refractivity contribution is 5.85. The van der Waals surface area contributed by atoms with E-state index in [1.165, 1.54) is 0 Å². The number of carbonyl (C=O) groups excluding carboxylic acids is 1. The number of methoxy groups -OCH3 is 1. The van der Waals surface area contributed by atoms with E-state index in [2.05, 4.69) is 0 Å². The third kappa shape index (κ3) is 4.77. The first-order valence-electron chi connectivity index (χ1n) is 6.31. The molecule has 0 aliphatic rings. The van der Waals surface area contributed by atoms with Gasteiger partial charge in [-0.15, -0.1) is 12.4 Å². The topological polar surface area (TPSA) is 61.5 Å². The zero-order valence-electron chi connectivity index (χ0n) is 11.7. The summed E-state index contributed by atoms with van der Waals surface area (Å²) in [5, 5.41) is 0. The van der Waals surface area contributed by atoms with E-state index in [1.807, 2.05) is 30.3 Å². The lowest BCUT2D eigenvalue weighted by Crippen LogP contribution is -2.23. The molecule has 0 aliphatic carbocycles. The van der Waals surface area contributed by atoms with Crippen LogP contribution >= 0.6 is 12.4 Å². The van der Waals surface area contributed by atoms with Crippen molar-refractivity contribution < 1.29 is 14.3 Å². The molecule has 0 heterocycles. The monoisotopic (exact) mass is 307 g/mol. The van der Waals surface area contributed by atoms with E-state index in [0.717, 1.165) is 11.3 Å². The summed E-state index contributed by atoms with van der Waals surface area (Å²) < 4.78 is 10.3. The van der Waals surface area contributed by atoms with Gasteiger partial charge in [0.25, 0.3) is 0 Å². The number of esters is 1. The lowest BCUT2D eigenvalue weighted by Gasteiger charge is -2.12. The van der Waals surface area contributed by atoms with Crippen LogP contribution in [0.4, 0.5) is 0 Å². The number of halogens is 1. The number of rotatable bonds is 5. The molecule has 0 saturated carbocycles. The Morgan fingerprint density at radius 3 is 2.29 bits per heavy atom. The van der Waals surface area contributed by atoms with Crippen molar-refractivity contribution in [3.63, 3.8) is 0 Å². The highest BCUT2D eigenvalue weighted by atomic mass is 35.5. The van der Waals surface area contributed by atoms with Crippen molar-refractivity contribution in [2.75, 3.05) is 7.11 Å². The first-order valence-corrected chi connectivity index (χ1v) is 6.31. The van der Waals surface area contributed by atoms with Gasteiger partial charge in [-0.05, 0) is 23.3 Å². The third-order valence-corrected chi connectivity index (χ3v) is 2.95. The number of hydrogen-bond donors (Lipinski definition) is 1. The fourth-order valence-electron chi connectivity index (χ4n) is 1.77. The Morgan fingerprint density at radius 2 is 1.71 bits per heavy atom. The van der Waals surface area contributed by atoms with Gasteiger partial charge in [-0.2, -0.15) is 0 Å².